The highest BCUT2D eigenvalue weighted by atomic mass is 35.5. The lowest BCUT2D eigenvalue weighted by Crippen LogP contribution is -2.31. The normalized spacial score (nSPS) is 15.9. The molecule has 0 fully saturated rings. The van der Waals surface area contributed by atoms with Gasteiger partial charge in [-0.2, -0.15) is 13.2 Å². The van der Waals surface area contributed by atoms with E-state index in [0.717, 1.165) is 17.7 Å². The molecule has 29 heavy (non-hydrogen) atoms. The molecule has 1 amide bonds. The molecule has 2 aromatic carbocycles. The third-order valence-electron chi connectivity index (χ3n) is 4.83. The maximum absolute atomic E-state index is 13.1. The Labute approximate surface area is 169 Å². The summed E-state index contributed by atoms with van der Waals surface area (Å²) in [6.07, 6.45) is -3.42. The Bertz CT molecular complexity index is 1060. The Morgan fingerprint density at radius 1 is 1.17 bits per heavy atom. The number of benzene rings is 2. The minimum absolute atomic E-state index is 0.239. The van der Waals surface area contributed by atoms with E-state index in [1.807, 2.05) is 6.07 Å². The van der Waals surface area contributed by atoms with E-state index >= 15 is 0 Å². The van der Waals surface area contributed by atoms with Crippen LogP contribution in [0.15, 0.2) is 48.5 Å². The summed E-state index contributed by atoms with van der Waals surface area (Å²) in [4.78, 5) is 12.8. The van der Waals surface area contributed by atoms with Crippen LogP contribution < -0.4 is 5.32 Å². The molecular formula is C20H16ClF3N4O. The molecule has 1 N–H and O–H groups in total. The quantitative estimate of drug-likeness (QED) is 0.679. The van der Waals surface area contributed by atoms with Gasteiger partial charge in [0.15, 0.2) is 5.82 Å². The monoisotopic (exact) mass is 420 g/mol. The SMILES string of the molecule is O=C(NCc1cccc(Cl)c1)C1CCc2nnc(-c3cccc(C(F)(F)F)c3)n21. The number of carbonyl (C=O) groups is 1. The highest BCUT2D eigenvalue weighted by Crippen LogP contribution is 2.35. The van der Waals surface area contributed by atoms with Gasteiger partial charge in [0.05, 0.1) is 5.56 Å². The lowest BCUT2D eigenvalue weighted by atomic mass is 10.1. The summed E-state index contributed by atoms with van der Waals surface area (Å²) in [5, 5.41) is 11.5. The molecule has 0 saturated carbocycles. The van der Waals surface area contributed by atoms with Gasteiger partial charge in [-0.05, 0) is 36.2 Å². The van der Waals surface area contributed by atoms with Crippen molar-refractivity contribution >= 4 is 17.5 Å². The maximum atomic E-state index is 13.1. The molecule has 2 heterocycles. The van der Waals surface area contributed by atoms with Gasteiger partial charge in [-0.15, -0.1) is 10.2 Å². The van der Waals surface area contributed by atoms with Gasteiger partial charge in [-0.25, -0.2) is 0 Å². The number of aryl methyl sites for hydroxylation is 1. The summed E-state index contributed by atoms with van der Waals surface area (Å²) in [6.45, 7) is 0.298. The summed E-state index contributed by atoms with van der Waals surface area (Å²) < 4.78 is 40.8. The third-order valence-corrected chi connectivity index (χ3v) is 5.06. The fourth-order valence-electron chi connectivity index (χ4n) is 3.45. The van der Waals surface area contributed by atoms with E-state index in [1.54, 1.807) is 22.8 Å². The van der Waals surface area contributed by atoms with Crippen LogP contribution in [0, 0.1) is 0 Å². The van der Waals surface area contributed by atoms with Gasteiger partial charge in [0.25, 0.3) is 0 Å². The van der Waals surface area contributed by atoms with Gasteiger partial charge in [0.1, 0.15) is 11.9 Å². The summed E-state index contributed by atoms with van der Waals surface area (Å²) >= 11 is 5.96. The first kappa shape index (κ1) is 19.4. The first-order valence-corrected chi connectivity index (χ1v) is 9.34. The van der Waals surface area contributed by atoms with Crippen LogP contribution in [-0.4, -0.2) is 20.7 Å². The predicted molar refractivity (Wildman–Crippen MR) is 101 cm³/mol. The van der Waals surface area contributed by atoms with Gasteiger partial charge < -0.3 is 5.32 Å². The number of nitrogens with one attached hydrogen (secondary N) is 1. The molecule has 0 aliphatic carbocycles. The molecule has 5 nitrogen and oxygen atoms in total. The fraction of sp³-hybridized carbons (Fsp3) is 0.250. The van der Waals surface area contributed by atoms with Crippen molar-refractivity contribution in [3.05, 3.63) is 70.5 Å². The van der Waals surface area contributed by atoms with E-state index in [2.05, 4.69) is 15.5 Å². The zero-order chi connectivity index (χ0) is 20.6. The second kappa shape index (κ2) is 7.51. The van der Waals surface area contributed by atoms with Gasteiger partial charge in [0, 0.05) is 23.6 Å². The lowest BCUT2D eigenvalue weighted by molar-refractivity contribution is -0.137. The first-order chi connectivity index (χ1) is 13.8. The molecule has 1 aromatic heterocycles. The highest BCUT2D eigenvalue weighted by Gasteiger charge is 2.34. The zero-order valence-corrected chi connectivity index (χ0v) is 15.8. The van der Waals surface area contributed by atoms with E-state index in [9.17, 15) is 18.0 Å². The number of alkyl halides is 3. The standard InChI is InChI=1S/C20H16ClF3N4O/c21-15-6-1-3-12(9-15)11-25-19(29)16-7-8-17-26-27-18(28(16)17)13-4-2-5-14(10-13)20(22,23)24/h1-6,9-10,16H,7-8,11H2,(H,25,29). The second-order valence-electron chi connectivity index (χ2n) is 6.79. The largest absolute Gasteiger partial charge is 0.416 e. The predicted octanol–water partition coefficient (Wildman–Crippen LogP) is 4.42. The average molecular weight is 421 g/mol. The topological polar surface area (TPSA) is 59.8 Å². The fourth-order valence-corrected chi connectivity index (χ4v) is 3.66. The van der Waals surface area contributed by atoms with Crippen molar-refractivity contribution in [3.63, 3.8) is 0 Å². The Hall–Kier alpha value is -2.87. The Kier molecular flexibility index (Phi) is 5.04. The van der Waals surface area contributed by atoms with Crippen molar-refractivity contribution in [3.8, 4) is 11.4 Å². The van der Waals surface area contributed by atoms with E-state index in [4.69, 9.17) is 11.6 Å². The average Bonchev–Trinajstić information content (AvgIpc) is 3.28. The number of halogens is 4. The molecule has 9 heteroatoms. The highest BCUT2D eigenvalue weighted by molar-refractivity contribution is 6.30. The van der Waals surface area contributed by atoms with Crippen molar-refractivity contribution in [2.24, 2.45) is 0 Å². The Balaban J connectivity index is 1.58. The molecule has 4 rings (SSSR count). The molecule has 0 saturated heterocycles. The van der Waals surface area contributed by atoms with E-state index in [-0.39, 0.29) is 17.3 Å². The lowest BCUT2D eigenvalue weighted by Gasteiger charge is -2.16. The number of rotatable bonds is 4. The molecule has 1 aliphatic rings. The van der Waals surface area contributed by atoms with Crippen LogP contribution in [0.5, 0.6) is 0 Å². The van der Waals surface area contributed by atoms with E-state index in [1.165, 1.54) is 12.1 Å². The smallest absolute Gasteiger partial charge is 0.350 e. The van der Waals surface area contributed by atoms with Crippen LogP contribution >= 0.6 is 11.6 Å². The molecule has 0 spiro atoms. The van der Waals surface area contributed by atoms with Crippen molar-refractivity contribution in [1.29, 1.82) is 0 Å². The van der Waals surface area contributed by atoms with Crippen molar-refractivity contribution in [1.82, 2.24) is 20.1 Å². The summed E-state index contributed by atoms with van der Waals surface area (Å²) in [5.41, 5.74) is 0.353. The molecule has 0 bridgehead atoms. The number of hydrogen-bond acceptors (Lipinski definition) is 3. The summed E-state index contributed by atoms with van der Waals surface area (Å²) in [5.74, 6) is 0.601. The van der Waals surface area contributed by atoms with Crippen LogP contribution in [-0.2, 0) is 23.9 Å². The van der Waals surface area contributed by atoms with E-state index < -0.39 is 17.8 Å². The van der Waals surface area contributed by atoms with Crippen LogP contribution in [0.1, 0.15) is 29.4 Å². The molecular weight excluding hydrogens is 405 g/mol. The minimum Gasteiger partial charge on any atom is -0.350 e. The van der Waals surface area contributed by atoms with Crippen LogP contribution in [0.25, 0.3) is 11.4 Å². The van der Waals surface area contributed by atoms with Gasteiger partial charge in [0.2, 0.25) is 5.91 Å². The number of aromatic nitrogens is 3. The van der Waals surface area contributed by atoms with Gasteiger partial charge in [-0.3, -0.25) is 9.36 Å². The molecule has 150 valence electrons. The number of hydrogen-bond donors (Lipinski definition) is 1. The number of nitrogens with zero attached hydrogens (tertiary/aromatic N) is 3. The van der Waals surface area contributed by atoms with Crippen LogP contribution in [0.4, 0.5) is 13.2 Å². The Morgan fingerprint density at radius 2 is 1.97 bits per heavy atom. The minimum atomic E-state index is -4.46. The van der Waals surface area contributed by atoms with Gasteiger partial charge in [-0.1, -0.05) is 35.9 Å². The second-order valence-corrected chi connectivity index (χ2v) is 7.23. The third kappa shape index (κ3) is 3.98. The molecule has 1 atom stereocenters. The Morgan fingerprint density at radius 3 is 2.72 bits per heavy atom. The van der Waals surface area contributed by atoms with Gasteiger partial charge >= 0.3 is 6.18 Å². The van der Waals surface area contributed by atoms with Crippen molar-refractivity contribution in [2.45, 2.75) is 31.6 Å². The van der Waals surface area contributed by atoms with Crippen molar-refractivity contribution < 1.29 is 18.0 Å². The maximum Gasteiger partial charge on any atom is 0.416 e. The molecule has 0 radical (unpaired) electrons. The summed E-state index contributed by atoms with van der Waals surface area (Å²) in [7, 11) is 0. The van der Waals surface area contributed by atoms with Crippen LogP contribution in [0.2, 0.25) is 5.02 Å². The number of carbonyl (C=O) groups excluding carboxylic acids is 1. The van der Waals surface area contributed by atoms with E-state index in [0.29, 0.717) is 30.2 Å². The molecule has 3 aromatic rings. The molecule has 1 aliphatic heterocycles. The zero-order valence-electron chi connectivity index (χ0n) is 15.1. The number of fused-ring (bicyclic) bond motifs is 1. The van der Waals surface area contributed by atoms with Crippen LogP contribution in [0.3, 0.4) is 0 Å². The summed E-state index contributed by atoms with van der Waals surface area (Å²) in [6, 6.07) is 11.4. The first-order valence-electron chi connectivity index (χ1n) is 8.96. The molecule has 1 unspecified atom stereocenters. The number of amides is 1. The van der Waals surface area contributed by atoms with Crippen molar-refractivity contribution in [2.75, 3.05) is 0 Å².